The zero-order chi connectivity index (χ0) is 24.9. The molecule has 0 aliphatic carbocycles. The standard InChI is InChI=1S/C25H26N2O6S/c1-16(2)32-24(28)22-14-11-20(27-25(29)26-19-9-5-17(3)6-10-19)15-23(22)33-34(30,31)21-12-7-18(4)8-13-21/h5-16H,1-4H3,(H2,26,27,29). The van der Waals surface area contributed by atoms with Crippen molar-refractivity contribution < 1.29 is 26.9 Å². The van der Waals surface area contributed by atoms with Gasteiger partial charge in [0.25, 0.3) is 0 Å². The fourth-order valence-electron chi connectivity index (χ4n) is 2.92. The summed E-state index contributed by atoms with van der Waals surface area (Å²) in [6, 6.07) is 16.8. The Morgan fingerprint density at radius 1 is 0.794 bits per heavy atom. The van der Waals surface area contributed by atoms with Crippen molar-refractivity contribution in [3.05, 3.63) is 83.4 Å². The van der Waals surface area contributed by atoms with Gasteiger partial charge in [-0.05, 0) is 64.1 Å². The monoisotopic (exact) mass is 482 g/mol. The number of amides is 2. The number of rotatable bonds is 7. The number of hydrogen-bond donors (Lipinski definition) is 2. The van der Waals surface area contributed by atoms with Crippen molar-refractivity contribution in [1.82, 2.24) is 0 Å². The maximum absolute atomic E-state index is 12.8. The highest BCUT2D eigenvalue weighted by Gasteiger charge is 2.23. The number of anilines is 2. The summed E-state index contributed by atoms with van der Waals surface area (Å²) in [5.74, 6) is -1.01. The number of carbonyl (C=O) groups is 2. The first-order valence-corrected chi connectivity index (χ1v) is 12.0. The molecule has 3 rings (SSSR count). The number of benzene rings is 3. The lowest BCUT2D eigenvalue weighted by Crippen LogP contribution is -2.20. The number of hydrogen-bond acceptors (Lipinski definition) is 6. The number of carbonyl (C=O) groups excluding carboxylic acids is 2. The Morgan fingerprint density at radius 3 is 1.91 bits per heavy atom. The van der Waals surface area contributed by atoms with Gasteiger partial charge >= 0.3 is 22.1 Å². The lowest BCUT2D eigenvalue weighted by atomic mass is 10.2. The van der Waals surface area contributed by atoms with E-state index in [-0.39, 0.29) is 21.9 Å². The van der Waals surface area contributed by atoms with Gasteiger partial charge in [0, 0.05) is 17.4 Å². The van der Waals surface area contributed by atoms with Gasteiger partial charge in [0.2, 0.25) is 0 Å². The molecule has 0 saturated heterocycles. The van der Waals surface area contributed by atoms with E-state index in [1.807, 2.05) is 26.0 Å². The number of nitrogens with one attached hydrogen (secondary N) is 2. The second kappa shape index (κ2) is 10.4. The molecule has 0 aliphatic heterocycles. The lowest BCUT2D eigenvalue weighted by molar-refractivity contribution is 0.0376. The summed E-state index contributed by atoms with van der Waals surface area (Å²) in [6.07, 6.45) is -0.424. The molecule has 2 N–H and O–H groups in total. The Hall–Kier alpha value is -3.85. The molecular weight excluding hydrogens is 456 g/mol. The van der Waals surface area contributed by atoms with E-state index in [1.54, 1.807) is 38.1 Å². The SMILES string of the molecule is Cc1ccc(NC(=O)Nc2ccc(C(=O)OC(C)C)c(OS(=O)(=O)c3ccc(C)cc3)c2)cc1. The minimum atomic E-state index is -4.25. The first-order chi connectivity index (χ1) is 16.0. The summed E-state index contributed by atoms with van der Waals surface area (Å²) in [5.41, 5.74) is 2.64. The maximum Gasteiger partial charge on any atom is 0.342 e. The summed E-state index contributed by atoms with van der Waals surface area (Å²) in [7, 11) is -4.25. The first-order valence-electron chi connectivity index (χ1n) is 10.5. The van der Waals surface area contributed by atoms with E-state index in [0.29, 0.717) is 5.69 Å². The quantitative estimate of drug-likeness (QED) is 0.350. The molecule has 0 heterocycles. The smallest absolute Gasteiger partial charge is 0.342 e. The predicted molar refractivity (Wildman–Crippen MR) is 130 cm³/mol. The van der Waals surface area contributed by atoms with Crippen LogP contribution in [0.3, 0.4) is 0 Å². The van der Waals surface area contributed by atoms with E-state index in [4.69, 9.17) is 8.92 Å². The summed E-state index contributed by atoms with van der Waals surface area (Å²) >= 11 is 0. The van der Waals surface area contributed by atoms with Crippen molar-refractivity contribution in [2.75, 3.05) is 10.6 Å². The van der Waals surface area contributed by atoms with Crippen LogP contribution in [-0.4, -0.2) is 26.5 Å². The molecule has 178 valence electrons. The first kappa shape index (κ1) is 24.8. The second-order valence-electron chi connectivity index (χ2n) is 7.96. The summed E-state index contributed by atoms with van der Waals surface area (Å²) in [4.78, 5) is 24.9. The van der Waals surface area contributed by atoms with E-state index in [0.717, 1.165) is 11.1 Å². The van der Waals surface area contributed by atoms with Gasteiger partial charge in [0.15, 0.2) is 5.75 Å². The van der Waals surface area contributed by atoms with Gasteiger partial charge in [0.1, 0.15) is 10.5 Å². The van der Waals surface area contributed by atoms with Crippen LogP contribution in [0.2, 0.25) is 0 Å². The van der Waals surface area contributed by atoms with Crippen molar-refractivity contribution >= 4 is 33.5 Å². The van der Waals surface area contributed by atoms with Crippen molar-refractivity contribution in [2.45, 2.75) is 38.7 Å². The van der Waals surface area contributed by atoms with Gasteiger partial charge in [0.05, 0.1) is 6.10 Å². The second-order valence-corrected chi connectivity index (χ2v) is 9.51. The Morgan fingerprint density at radius 2 is 1.32 bits per heavy atom. The van der Waals surface area contributed by atoms with Crippen LogP contribution >= 0.6 is 0 Å². The van der Waals surface area contributed by atoms with Gasteiger partial charge in [-0.3, -0.25) is 0 Å². The third-order valence-corrected chi connectivity index (χ3v) is 5.87. The lowest BCUT2D eigenvalue weighted by Gasteiger charge is -2.15. The molecular formula is C25H26N2O6S. The Labute approximate surface area is 199 Å². The van der Waals surface area contributed by atoms with Crippen LogP contribution in [0.1, 0.15) is 35.3 Å². The Bertz CT molecular complexity index is 1280. The molecule has 0 aromatic heterocycles. The minimum absolute atomic E-state index is 0.0725. The van der Waals surface area contributed by atoms with E-state index in [9.17, 15) is 18.0 Å². The van der Waals surface area contributed by atoms with Crippen molar-refractivity contribution in [3.63, 3.8) is 0 Å². The van der Waals surface area contributed by atoms with Gasteiger partial charge in [-0.2, -0.15) is 8.42 Å². The van der Waals surface area contributed by atoms with Crippen LogP contribution in [0.4, 0.5) is 16.2 Å². The predicted octanol–water partition coefficient (Wildman–Crippen LogP) is 5.28. The molecule has 2 amide bonds. The Kier molecular flexibility index (Phi) is 7.57. The van der Waals surface area contributed by atoms with Crippen LogP contribution < -0.4 is 14.8 Å². The van der Waals surface area contributed by atoms with Gasteiger partial charge < -0.3 is 19.6 Å². The van der Waals surface area contributed by atoms with Crippen molar-refractivity contribution in [1.29, 1.82) is 0 Å². The van der Waals surface area contributed by atoms with Crippen LogP contribution in [-0.2, 0) is 14.9 Å². The molecule has 0 radical (unpaired) electrons. The van der Waals surface area contributed by atoms with Gasteiger partial charge in [-0.15, -0.1) is 0 Å². The van der Waals surface area contributed by atoms with Crippen molar-refractivity contribution in [3.8, 4) is 5.75 Å². The van der Waals surface area contributed by atoms with Crippen LogP contribution in [0, 0.1) is 13.8 Å². The molecule has 0 aliphatic rings. The molecule has 9 heteroatoms. The van der Waals surface area contributed by atoms with E-state index in [1.165, 1.54) is 30.3 Å². The van der Waals surface area contributed by atoms with E-state index < -0.39 is 28.2 Å². The zero-order valence-corrected chi connectivity index (χ0v) is 20.1. The van der Waals surface area contributed by atoms with Gasteiger partial charge in [-0.25, -0.2) is 9.59 Å². The summed E-state index contributed by atoms with van der Waals surface area (Å²) < 4.78 is 36.2. The average Bonchev–Trinajstić information content (AvgIpc) is 2.75. The normalized spacial score (nSPS) is 11.1. The third kappa shape index (κ3) is 6.58. The molecule has 34 heavy (non-hydrogen) atoms. The molecule has 0 saturated carbocycles. The zero-order valence-electron chi connectivity index (χ0n) is 19.3. The molecule has 0 unspecified atom stereocenters. The largest absolute Gasteiger partial charge is 0.459 e. The fraction of sp³-hybridized carbons (Fsp3) is 0.200. The third-order valence-electron chi connectivity index (χ3n) is 4.62. The molecule has 3 aromatic carbocycles. The van der Waals surface area contributed by atoms with Gasteiger partial charge in [-0.1, -0.05) is 35.4 Å². The maximum atomic E-state index is 12.8. The topological polar surface area (TPSA) is 111 Å². The molecule has 0 bridgehead atoms. The molecule has 8 nitrogen and oxygen atoms in total. The highest BCUT2D eigenvalue weighted by atomic mass is 32.2. The minimum Gasteiger partial charge on any atom is -0.459 e. The van der Waals surface area contributed by atoms with Crippen LogP contribution in [0.5, 0.6) is 5.75 Å². The molecule has 0 fully saturated rings. The number of ether oxygens (including phenoxy) is 1. The highest BCUT2D eigenvalue weighted by molar-refractivity contribution is 7.87. The fourth-order valence-corrected chi connectivity index (χ4v) is 3.86. The van der Waals surface area contributed by atoms with Crippen molar-refractivity contribution in [2.24, 2.45) is 0 Å². The number of esters is 1. The Balaban J connectivity index is 1.88. The number of urea groups is 1. The van der Waals surface area contributed by atoms with E-state index in [2.05, 4.69) is 10.6 Å². The van der Waals surface area contributed by atoms with E-state index >= 15 is 0 Å². The molecule has 0 atom stereocenters. The number of aryl methyl sites for hydroxylation is 2. The highest BCUT2D eigenvalue weighted by Crippen LogP contribution is 2.28. The van der Waals surface area contributed by atoms with Crippen LogP contribution in [0.15, 0.2) is 71.6 Å². The average molecular weight is 483 g/mol. The summed E-state index contributed by atoms with van der Waals surface area (Å²) in [6.45, 7) is 7.11. The molecule has 3 aromatic rings. The van der Waals surface area contributed by atoms with Crippen LogP contribution in [0.25, 0.3) is 0 Å². The molecule has 0 spiro atoms. The summed E-state index contributed by atoms with van der Waals surface area (Å²) in [5, 5.41) is 5.29.